The Morgan fingerprint density at radius 1 is 1.21 bits per heavy atom. The molecule has 3 heterocycles. The van der Waals surface area contributed by atoms with Crippen molar-refractivity contribution in [3.05, 3.63) is 46.3 Å². The van der Waals surface area contributed by atoms with Crippen molar-refractivity contribution in [2.45, 2.75) is 18.8 Å². The molecule has 0 spiro atoms. The average molecular weight is 339 g/mol. The number of aldehydes is 1. The fraction of sp³-hybridized carbons (Fsp3) is 0.278. The highest BCUT2D eigenvalue weighted by Crippen LogP contribution is 2.32. The molecule has 4 rings (SSSR count). The fourth-order valence-electron chi connectivity index (χ4n) is 3.01. The van der Waals surface area contributed by atoms with E-state index in [1.165, 1.54) is 5.01 Å². The van der Waals surface area contributed by atoms with Gasteiger partial charge in [-0.2, -0.15) is 0 Å². The Kier molecular flexibility index (Phi) is 4.23. The van der Waals surface area contributed by atoms with Gasteiger partial charge >= 0.3 is 0 Å². The first-order chi connectivity index (χ1) is 11.8. The number of piperidine rings is 1. The van der Waals surface area contributed by atoms with Gasteiger partial charge in [0, 0.05) is 28.5 Å². The highest BCUT2D eigenvalue weighted by atomic mass is 32.1. The lowest BCUT2D eigenvalue weighted by atomic mass is 9.99. The number of hydrogen-bond donors (Lipinski definition) is 1. The third-order valence-corrected chi connectivity index (χ3v) is 5.34. The second-order valence-corrected chi connectivity index (χ2v) is 6.77. The Hall–Kier alpha value is -2.31. The number of carbonyl (C=O) groups is 1. The van der Waals surface area contributed by atoms with Crippen LogP contribution < -0.4 is 5.32 Å². The Morgan fingerprint density at radius 2 is 2.04 bits per heavy atom. The summed E-state index contributed by atoms with van der Waals surface area (Å²) in [4.78, 5) is 15.9. The second kappa shape index (κ2) is 6.67. The van der Waals surface area contributed by atoms with Gasteiger partial charge in [0.25, 0.3) is 0 Å². The lowest BCUT2D eigenvalue weighted by Crippen LogP contribution is -2.26. The zero-order valence-corrected chi connectivity index (χ0v) is 13.9. The number of aromatic nitrogens is 2. The summed E-state index contributed by atoms with van der Waals surface area (Å²) in [6.45, 7) is 2.10. The minimum atomic E-state index is 0.534. The van der Waals surface area contributed by atoms with Gasteiger partial charge in [-0.1, -0.05) is 29.4 Å². The molecule has 24 heavy (non-hydrogen) atoms. The Labute approximate surface area is 143 Å². The van der Waals surface area contributed by atoms with Crippen LogP contribution in [0.15, 0.2) is 40.2 Å². The van der Waals surface area contributed by atoms with Gasteiger partial charge < -0.3 is 9.84 Å². The molecule has 0 unspecified atom stereocenters. The first-order valence-corrected chi connectivity index (χ1v) is 8.91. The van der Waals surface area contributed by atoms with Crippen LogP contribution in [-0.2, 0) is 0 Å². The lowest BCUT2D eigenvalue weighted by molar-refractivity contribution is 0.112. The van der Waals surface area contributed by atoms with Gasteiger partial charge in [0.1, 0.15) is 11.4 Å². The largest absolute Gasteiger partial charge is 0.356 e. The quantitative estimate of drug-likeness (QED) is 0.733. The van der Waals surface area contributed by atoms with Crippen molar-refractivity contribution in [3.63, 3.8) is 0 Å². The monoisotopic (exact) mass is 339 g/mol. The van der Waals surface area contributed by atoms with Crippen LogP contribution in [-0.4, -0.2) is 29.5 Å². The van der Waals surface area contributed by atoms with E-state index < -0.39 is 0 Å². The zero-order chi connectivity index (χ0) is 16.4. The van der Waals surface area contributed by atoms with Gasteiger partial charge in [0.15, 0.2) is 12.0 Å². The molecule has 122 valence electrons. The van der Waals surface area contributed by atoms with Gasteiger partial charge in [0.05, 0.1) is 5.01 Å². The molecule has 1 aliphatic heterocycles. The molecule has 2 aromatic heterocycles. The molecule has 1 fully saturated rings. The van der Waals surface area contributed by atoms with Crippen molar-refractivity contribution >= 4 is 17.6 Å². The third-order valence-electron chi connectivity index (χ3n) is 4.34. The summed E-state index contributed by atoms with van der Waals surface area (Å²) < 4.78 is 5.45. The summed E-state index contributed by atoms with van der Waals surface area (Å²) in [5.74, 6) is 1.12. The van der Waals surface area contributed by atoms with Crippen LogP contribution in [0.5, 0.6) is 0 Å². The smallest absolute Gasteiger partial charge is 0.168 e. The molecule has 0 radical (unpaired) electrons. The summed E-state index contributed by atoms with van der Waals surface area (Å²) in [6.07, 6.45) is 3.09. The van der Waals surface area contributed by atoms with Gasteiger partial charge in [-0.05, 0) is 25.9 Å². The van der Waals surface area contributed by atoms with Gasteiger partial charge in [-0.3, -0.25) is 4.79 Å². The van der Waals surface area contributed by atoms with Crippen LogP contribution in [0.2, 0.25) is 0 Å². The number of rotatable bonds is 4. The van der Waals surface area contributed by atoms with E-state index in [0.29, 0.717) is 22.9 Å². The Morgan fingerprint density at radius 3 is 2.88 bits per heavy atom. The molecule has 1 aromatic carbocycles. The van der Waals surface area contributed by atoms with E-state index in [1.54, 1.807) is 17.4 Å². The maximum absolute atomic E-state index is 11.2. The molecule has 0 saturated carbocycles. The van der Waals surface area contributed by atoms with Crippen LogP contribution in [0, 0.1) is 0 Å². The van der Waals surface area contributed by atoms with Crippen molar-refractivity contribution in [2.24, 2.45) is 0 Å². The van der Waals surface area contributed by atoms with Gasteiger partial charge in [0.2, 0.25) is 0 Å². The van der Waals surface area contributed by atoms with E-state index in [9.17, 15) is 4.79 Å². The normalized spacial score (nSPS) is 15.5. The number of thiazole rings is 1. The van der Waals surface area contributed by atoms with Crippen molar-refractivity contribution < 1.29 is 9.32 Å². The van der Waals surface area contributed by atoms with Crippen LogP contribution >= 0.6 is 11.3 Å². The molecule has 1 aliphatic rings. The number of benzene rings is 1. The first kappa shape index (κ1) is 15.2. The van der Waals surface area contributed by atoms with E-state index in [2.05, 4.69) is 10.5 Å². The summed E-state index contributed by atoms with van der Waals surface area (Å²) >= 11 is 1.69. The maximum atomic E-state index is 11.2. The molecule has 5 nitrogen and oxygen atoms in total. The molecule has 0 atom stereocenters. The summed E-state index contributed by atoms with van der Waals surface area (Å²) in [5.41, 5.74) is 2.89. The van der Waals surface area contributed by atoms with E-state index in [-0.39, 0.29) is 0 Å². The number of nitrogens with one attached hydrogen (secondary N) is 1. The molecular weight excluding hydrogens is 322 g/mol. The van der Waals surface area contributed by atoms with Crippen molar-refractivity contribution in [2.75, 3.05) is 13.1 Å². The Balaban J connectivity index is 1.61. The molecule has 0 bridgehead atoms. The number of nitrogens with zero attached hydrogens (tertiary/aromatic N) is 2. The van der Waals surface area contributed by atoms with Crippen molar-refractivity contribution in [3.8, 4) is 22.7 Å². The number of hydrogen-bond acceptors (Lipinski definition) is 6. The van der Waals surface area contributed by atoms with Gasteiger partial charge in [-0.25, -0.2) is 4.98 Å². The SMILES string of the molecule is O=Cc1ccccc1-c1cc(-c2csc(C3CCNCC3)n2)no1. The topological polar surface area (TPSA) is 68.0 Å². The zero-order valence-electron chi connectivity index (χ0n) is 13.1. The molecule has 0 aliphatic carbocycles. The number of carbonyl (C=O) groups excluding carboxylic acids is 1. The van der Waals surface area contributed by atoms with E-state index in [0.717, 1.165) is 43.5 Å². The lowest BCUT2D eigenvalue weighted by Gasteiger charge is -2.20. The second-order valence-electron chi connectivity index (χ2n) is 5.88. The minimum absolute atomic E-state index is 0.534. The van der Waals surface area contributed by atoms with E-state index in [4.69, 9.17) is 9.51 Å². The standard InChI is InChI=1S/C18H17N3O2S/c22-10-13-3-1-2-4-14(13)17-9-15(21-23-17)16-11-24-18(20-16)12-5-7-19-8-6-12/h1-4,9-12,19H,5-8H2. The summed E-state index contributed by atoms with van der Waals surface area (Å²) in [6, 6.07) is 9.18. The van der Waals surface area contributed by atoms with Crippen molar-refractivity contribution in [1.82, 2.24) is 15.5 Å². The van der Waals surface area contributed by atoms with E-state index >= 15 is 0 Å². The molecule has 1 N–H and O–H groups in total. The molecule has 6 heteroatoms. The fourth-order valence-corrected chi connectivity index (χ4v) is 3.99. The van der Waals surface area contributed by atoms with Crippen LogP contribution in [0.1, 0.15) is 34.1 Å². The highest BCUT2D eigenvalue weighted by molar-refractivity contribution is 7.10. The summed E-state index contributed by atoms with van der Waals surface area (Å²) in [7, 11) is 0. The molecular formula is C18H17N3O2S. The highest BCUT2D eigenvalue weighted by Gasteiger charge is 2.20. The predicted molar refractivity (Wildman–Crippen MR) is 93.3 cm³/mol. The van der Waals surface area contributed by atoms with Crippen LogP contribution in [0.4, 0.5) is 0 Å². The summed E-state index contributed by atoms with van der Waals surface area (Å²) in [5, 5.41) is 10.7. The van der Waals surface area contributed by atoms with Crippen LogP contribution in [0.3, 0.4) is 0 Å². The predicted octanol–water partition coefficient (Wildman–Crippen LogP) is 3.74. The van der Waals surface area contributed by atoms with Gasteiger partial charge in [-0.15, -0.1) is 11.3 Å². The molecule has 1 saturated heterocycles. The first-order valence-electron chi connectivity index (χ1n) is 8.03. The third kappa shape index (κ3) is 2.90. The van der Waals surface area contributed by atoms with Crippen LogP contribution in [0.25, 0.3) is 22.7 Å². The van der Waals surface area contributed by atoms with E-state index in [1.807, 2.05) is 29.6 Å². The maximum Gasteiger partial charge on any atom is 0.168 e. The molecule has 3 aromatic rings. The van der Waals surface area contributed by atoms with Crippen molar-refractivity contribution in [1.29, 1.82) is 0 Å². The Bertz CT molecular complexity index is 849. The molecule has 0 amide bonds. The minimum Gasteiger partial charge on any atom is -0.356 e. The average Bonchev–Trinajstić information content (AvgIpc) is 3.32.